The van der Waals surface area contributed by atoms with E-state index >= 15 is 0 Å². The highest BCUT2D eigenvalue weighted by molar-refractivity contribution is 6.18. The first-order chi connectivity index (χ1) is 30.3. The van der Waals surface area contributed by atoms with Gasteiger partial charge in [0.1, 0.15) is 5.58 Å². The predicted molar refractivity (Wildman–Crippen MR) is 263 cm³/mol. The van der Waals surface area contributed by atoms with Gasteiger partial charge in [0.05, 0.1) is 11.4 Å². The molecule has 11 aromatic rings. The summed E-state index contributed by atoms with van der Waals surface area (Å²) in [5.74, 6) is 0. The average Bonchev–Trinajstić information content (AvgIpc) is 3.79. The maximum absolute atomic E-state index is 7.12. The average molecular weight is 797 g/mol. The van der Waals surface area contributed by atoms with Crippen LogP contribution in [0, 0.1) is 13.8 Å². The van der Waals surface area contributed by atoms with Gasteiger partial charge in [-0.3, -0.25) is 0 Å². The third-order valence-electron chi connectivity index (χ3n) is 13.4. The first kappa shape index (κ1) is 36.2. The van der Waals surface area contributed by atoms with Crippen LogP contribution in [0.1, 0.15) is 36.1 Å². The van der Waals surface area contributed by atoms with Gasteiger partial charge in [0.2, 0.25) is 0 Å². The summed E-state index contributed by atoms with van der Waals surface area (Å²) < 4.78 is 7.12. The van der Waals surface area contributed by atoms with Crippen molar-refractivity contribution in [2.45, 2.75) is 33.1 Å². The SMILES string of the molecule is Cc1ccccc1N(c1ccc2ccccc2c1)c1cc2c(c3ccccc13)-c1cc3c(oc4ccccc43)c(N(c3ccc4ccccc4c3)c3ccccc3C)c1C2(C)C. The summed E-state index contributed by atoms with van der Waals surface area (Å²) in [6.07, 6.45) is 0. The first-order valence-corrected chi connectivity index (χ1v) is 21.6. The van der Waals surface area contributed by atoms with E-state index in [4.69, 9.17) is 4.42 Å². The molecule has 12 rings (SSSR count). The summed E-state index contributed by atoms with van der Waals surface area (Å²) in [6.45, 7) is 9.27. The zero-order valence-electron chi connectivity index (χ0n) is 35.3. The molecule has 1 aromatic heterocycles. The molecule has 0 fully saturated rings. The van der Waals surface area contributed by atoms with Gasteiger partial charge < -0.3 is 14.2 Å². The number of para-hydroxylation sites is 3. The Balaban J connectivity index is 1.20. The number of aryl methyl sites for hydroxylation is 2. The lowest BCUT2D eigenvalue weighted by Gasteiger charge is -2.33. The minimum Gasteiger partial charge on any atom is -0.454 e. The molecule has 0 atom stereocenters. The number of fused-ring (bicyclic) bond motifs is 10. The second-order valence-electron chi connectivity index (χ2n) is 17.4. The summed E-state index contributed by atoms with van der Waals surface area (Å²) >= 11 is 0. The highest BCUT2D eigenvalue weighted by Crippen LogP contribution is 2.61. The molecule has 0 aliphatic heterocycles. The first-order valence-electron chi connectivity index (χ1n) is 21.6. The van der Waals surface area contributed by atoms with Crippen molar-refractivity contribution in [3.05, 3.63) is 216 Å². The minimum atomic E-state index is -0.454. The molecule has 0 unspecified atom stereocenters. The molecule has 0 saturated heterocycles. The Kier molecular flexibility index (Phi) is 8.01. The van der Waals surface area contributed by atoms with Gasteiger partial charge in [0.25, 0.3) is 0 Å². The van der Waals surface area contributed by atoms with Crippen LogP contribution in [0.2, 0.25) is 0 Å². The molecule has 1 aliphatic carbocycles. The quantitative estimate of drug-likeness (QED) is 0.167. The Morgan fingerprint density at radius 2 is 0.935 bits per heavy atom. The van der Waals surface area contributed by atoms with Gasteiger partial charge in [-0.1, -0.05) is 153 Å². The van der Waals surface area contributed by atoms with E-state index in [2.05, 4.69) is 232 Å². The molecule has 10 aromatic carbocycles. The topological polar surface area (TPSA) is 19.6 Å². The highest BCUT2D eigenvalue weighted by Gasteiger charge is 2.43. The van der Waals surface area contributed by atoms with Gasteiger partial charge in [0, 0.05) is 44.3 Å². The third-order valence-corrected chi connectivity index (χ3v) is 13.4. The number of anilines is 6. The van der Waals surface area contributed by atoms with Crippen molar-refractivity contribution in [2.24, 2.45) is 0 Å². The van der Waals surface area contributed by atoms with Crippen LogP contribution in [0.5, 0.6) is 0 Å². The molecule has 0 amide bonds. The van der Waals surface area contributed by atoms with Crippen LogP contribution in [-0.2, 0) is 5.41 Å². The van der Waals surface area contributed by atoms with Crippen molar-refractivity contribution in [3.8, 4) is 11.1 Å². The Hall–Kier alpha value is -7.62. The fraction of sp³-hybridized carbons (Fsp3) is 0.0847. The van der Waals surface area contributed by atoms with E-state index in [9.17, 15) is 0 Å². The van der Waals surface area contributed by atoms with Crippen LogP contribution < -0.4 is 9.80 Å². The molecule has 296 valence electrons. The van der Waals surface area contributed by atoms with Crippen LogP contribution in [0.15, 0.2) is 199 Å². The summed E-state index contributed by atoms with van der Waals surface area (Å²) in [7, 11) is 0. The van der Waals surface area contributed by atoms with Crippen molar-refractivity contribution in [2.75, 3.05) is 9.80 Å². The Bertz CT molecular complexity index is 3610. The molecule has 0 spiro atoms. The number of benzene rings is 10. The van der Waals surface area contributed by atoms with Gasteiger partial charge in [-0.05, 0) is 129 Å². The second kappa shape index (κ2) is 13.7. The Morgan fingerprint density at radius 1 is 0.419 bits per heavy atom. The maximum atomic E-state index is 7.12. The second-order valence-corrected chi connectivity index (χ2v) is 17.4. The molecule has 0 N–H and O–H groups in total. The zero-order chi connectivity index (χ0) is 41.7. The van der Waals surface area contributed by atoms with Gasteiger partial charge in [-0.15, -0.1) is 0 Å². The molecule has 3 nitrogen and oxygen atoms in total. The van der Waals surface area contributed by atoms with Gasteiger partial charge in [-0.25, -0.2) is 0 Å². The Morgan fingerprint density at radius 3 is 1.58 bits per heavy atom. The zero-order valence-corrected chi connectivity index (χ0v) is 35.3. The van der Waals surface area contributed by atoms with Crippen LogP contribution in [0.25, 0.3) is 65.4 Å². The normalized spacial score (nSPS) is 13.0. The fourth-order valence-electron chi connectivity index (χ4n) is 10.4. The molecule has 3 heteroatoms. The number of hydrogen-bond acceptors (Lipinski definition) is 3. The molecule has 1 aliphatic rings. The van der Waals surface area contributed by atoms with Crippen LogP contribution >= 0.6 is 0 Å². The van der Waals surface area contributed by atoms with Crippen molar-refractivity contribution >= 4 is 88.4 Å². The van der Waals surface area contributed by atoms with Crippen molar-refractivity contribution < 1.29 is 4.42 Å². The van der Waals surface area contributed by atoms with E-state index in [1.165, 1.54) is 65.7 Å². The van der Waals surface area contributed by atoms with Crippen LogP contribution in [0.3, 0.4) is 0 Å². The van der Waals surface area contributed by atoms with E-state index in [0.29, 0.717) is 0 Å². The molecular formula is C59H44N2O. The molecule has 0 saturated carbocycles. The number of furan rings is 1. The summed E-state index contributed by atoms with van der Waals surface area (Å²) in [4.78, 5) is 4.97. The minimum absolute atomic E-state index is 0.454. The molecule has 0 bridgehead atoms. The van der Waals surface area contributed by atoms with Gasteiger partial charge in [0.15, 0.2) is 5.58 Å². The van der Waals surface area contributed by atoms with E-state index < -0.39 is 5.41 Å². The third kappa shape index (κ3) is 5.38. The van der Waals surface area contributed by atoms with Crippen LogP contribution in [0.4, 0.5) is 34.1 Å². The van der Waals surface area contributed by atoms with E-state index in [1.54, 1.807) is 0 Å². The van der Waals surface area contributed by atoms with Crippen molar-refractivity contribution in [3.63, 3.8) is 0 Å². The fourth-order valence-corrected chi connectivity index (χ4v) is 10.4. The lowest BCUT2D eigenvalue weighted by atomic mass is 9.80. The van der Waals surface area contributed by atoms with E-state index in [0.717, 1.165) is 56.1 Å². The molecule has 0 radical (unpaired) electrons. The van der Waals surface area contributed by atoms with E-state index in [1.807, 2.05) is 0 Å². The maximum Gasteiger partial charge on any atom is 0.159 e. The summed E-state index contributed by atoms with van der Waals surface area (Å²) in [5.41, 5.74) is 15.5. The van der Waals surface area contributed by atoms with Crippen molar-refractivity contribution in [1.29, 1.82) is 0 Å². The largest absolute Gasteiger partial charge is 0.454 e. The van der Waals surface area contributed by atoms with Gasteiger partial charge >= 0.3 is 0 Å². The monoisotopic (exact) mass is 796 g/mol. The lowest BCUT2D eigenvalue weighted by molar-refractivity contribution is 0.648. The smallest absolute Gasteiger partial charge is 0.159 e. The summed E-state index contributed by atoms with van der Waals surface area (Å²) in [6, 6.07) is 71.0. The Labute approximate surface area is 361 Å². The number of nitrogens with zero attached hydrogens (tertiary/aromatic N) is 2. The predicted octanol–water partition coefficient (Wildman–Crippen LogP) is 16.9. The number of hydrogen-bond donors (Lipinski definition) is 0. The lowest BCUT2D eigenvalue weighted by Crippen LogP contribution is -2.22. The number of rotatable bonds is 6. The molecular weight excluding hydrogens is 753 g/mol. The highest BCUT2D eigenvalue weighted by atomic mass is 16.3. The van der Waals surface area contributed by atoms with Crippen LogP contribution in [-0.4, -0.2) is 0 Å². The van der Waals surface area contributed by atoms with Gasteiger partial charge in [-0.2, -0.15) is 0 Å². The standard InChI is InChI=1S/C59H44N2O/c1-37-17-5-14-26-51(37)60(43-31-29-39-19-7-9-21-41(39)33-43)53-36-50-55(47-25-12-11-23-45(47)53)49-35-48-46-24-13-16-28-54(46)62-58(48)57(56(49)59(50,3)4)61(52-27-15-6-18-38(52)2)44-32-30-40-20-8-10-22-42(40)34-44/h5-36H,1-4H3. The molecule has 1 heterocycles. The summed E-state index contributed by atoms with van der Waals surface area (Å²) in [5, 5.41) is 9.52. The molecule has 62 heavy (non-hydrogen) atoms. The van der Waals surface area contributed by atoms with Crippen molar-refractivity contribution in [1.82, 2.24) is 0 Å². The van der Waals surface area contributed by atoms with E-state index in [-0.39, 0.29) is 0 Å².